The van der Waals surface area contributed by atoms with Crippen LogP contribution >= 0.6 is 11.3 Å². The molecule has 4 aromatic rings. The van der Waals surface area contributed by atoms with Crippen LogP contribution in [0.1, 0.15) is 18.2 Å². The van der Waals surface area contributed by atoms with Gasteiger partial charge in [0.25, 0.3) is 0 Å². The lowest BCUT2D eigenvalue weighted by Gasteiger charge is -2.07. The van der Waals surface area contributed by atoms with Crippen molar-refractivity contribution in [3.63, 3.8) is 0 Å². The molecule has 2 heterocycles. The topological polar surface area (TPSA) is 76.2 Å². The normalized spacial score (nSPS) is 11.2. The van der Waals surface area contributed by atoms with Crippen molar-refractivity contribution in [2.45, 2.75) is 20.3 Å². The lowest BCUT2D eigenvalue weighted by Crippen LogP contribution is -2.08. The van der Waals surface area contributed by atoms with E-state index in [1.54, 1.807) is 13.0 Å². The molecule has 0 spiro atoms. The minimum Gasteiger partial charge on any atom is -0.508 e. The van der Waals surface area contributed by atoms with Gasteiger partial charge < -0.3 is 9.52 Å². The molecule has 6 heteroatoms. The first-order valence-corrected chi connectivity index (χ1v) is 9.08. The Labute approximate surface area is 153 Å². The molecule has 0 aliphatic rings. The molecule has 0 bridgehead atoms. The first-order valence-electron chi connectivity index (χ1n) is 8.27. The average molecular weight is 364 g/mol. The summed E-state index contributed by atoms with van der Waals surface area (Å²) < 4.78 is 5.80. The van der Waals surface area contributed by atoms with E-state index < -0.39 is 0 Å². The number of phenols is 1. The standard InChI is InChI=1S/C20H16N2O3S/c1-3-12-9-14-16(10-15(12)23)25-11(2)17(18(14)24)20-22-21-19(26-20)13-7-5-4-6-8-13/h4-10,23H,3H2,1-2H3. The number of benzene rings is 2. The first kappa shape index (κ1) is 16.5. The van der Waals surface area contributed by atoms with Crippen molar-refractivity contribution in [3.05, 3.63) is 64.0 Å². The Kier molecular flexibility index (Phi) is 4.05. The predicted molar refractivity (Wildman–Crippen MR) is 103 cm³/mol. The predicted octanol–water partition coefficient (Wildman–Crippen LogP) is 4.55. The summed E-state index contributed by atoms with van der Waals surface area (Å²) in [5.74, 6) is 0.597. The van der Waals surface area contributed by atoms with Gasteiger partial charge in [-0.15, -0.1) is 10.2 Å². The van der Waals surface area contributed by atoms with E-state index in [1.807, 2.05) is 37.3 Å². The van der Waals surface area contributed by atoms with Gasteiger partial charge in [0.15, 0.2) is 5.01 Å². The number of phenolic OH excluding ortho intramolecular Hbond substituents is 1. The van der Waals surface area contributed by atoms with E-state index in [1.165, 1.54) is 17.4 Å². The number of nitrogens with zero attached hydrogens (tertiary/aromatic N) is 2. The van der Waals surface area contributed by atoms with Crippen LogP contribution in [-0.4, -0.2) is 15.3 Å². The van der Waals surface area contributed by atoms with Gasteiger partial charge in [-0.1, -0.05) is 48.6 Å². The average Bonchev–Trinajstić information content (AvgIpc) is 3.12. The summed E-state index contributed by atoms with van der Waals surface area (Å²) in [7, 11) is 0. The van der Waals surface area contributed by atoms with Gasteiger partial charge in [-0.2, -0.15) is 0 Å². The summed E-state index contributed by atoms with van der Waals surface area (Å²) in [6.07, 6.45) is 0.626. The van der Waals surface area contributed by atoms with Gasteiger partial charge in [0.2, 0.25) is 5.43 Å². The monoisotopic (exact) mass is 364 g/mol. The van der Waals surface area contributed by atoms with Crippen molar-refractivity contribution in [1.82, 2.24) is 10.2 Å². The van der Waals surface area contributed by atoms with Crippen LogP contribution in [0.2, 0.25) is 0 Å². The fraction of sp³-hybridized carbons (Fsp3) is 0.150. The van der Waals surface area contributed by atoms with Crippen LogP contribution in [-0.2, 0) is 6.42 Å². The van der Waals surface area contributed by atoms with Crippen molar-refractivity contribution in [1.29, 1.82) is 0 Å². The Hall–Kier alpha value is -2.99. The van der Waals surface area contributed by atoms with Crippen molar-refractivity contribution in [2.24, 2.45) is 0 Å². The van der Waals surface area contributed by atoms with Gasteiger partial charge >= 0.3 is 0 Å². The zero-order valence-electron chi connectivity index (χ0n) is 14.3. The molecule has 0 atom stereocenters. The van der Waals surface area contributed by atoms with Crippen LogP contribution in [0.4, 0.5) is 0 Å². The fourth-order valence-corrected chi connectivity index (χ4v) is 3.88. The summed E-state index contributed by atoms with van der Waals surface area (Å²) in [5, 5.41) is 20.2. The highest BCUT2D eigenvalue weighted by molar-refractivity contribution is 7.17. The SMILES string of the molecule is CCc1cc2c(=O)c(-c3nnc(-c4ccccc4)s3)c(C)oc2cc1O. The van der Waals surface area contributed by atoms with E-state index in [-0.39, 0.29) is 11.2 Å². The maximum atomic E-state index is 13.1. The smallest absolute Gasteiger partial charge is 0.203 e. The minimum atomic E-state index is -0.158. The van der Waals surface area contributed by atoms with E-state index in [0.717, 1.165) is 10.6 Å². The Bertz CT molecular complexity index is 1160. The number of aryl methyl sites for hydroxylation is 2. The number of hydrogen-bond acceptors (Lipinski definition) is 6. The Morgan fingerprint density at radius 1 is 1.12 bits per heavy atom. The maximum Gasteiger partial charge on any atom is 0.203 e. The molecule has 0 saturated carbocycles. The fourth-order valence-electron chi connectivity index (χ4n) is 2.94. The molecule has 0 saturated heterocycles. The summed E-state index contributed by atoms with van der Waals surface area (Å²) in [4.78, 5) is 13.1. The molecule has 0 aliphatic carbocycles. The molecule has 0 fully saturated rings. The third kappa shape index (κ3) is 2.68. The highest BCUT2D eigenvalue weighted by atomic mass is 32.1. The summed E-state index contributed by atoms with van der Waals surface area (Å²) in [6.45, 7) is 3.65. The summed E-state index contributed by atoms with van der Waals surface area (Å²) in [6, 6.07) is 12.9. The zero-order chi connectivity index (χ0) is 18.3. The van der Waals surface area contributed by atoms with Crippen LogP contribution in [0.3, 0.4) is 0 Å². The number of hydrogen-bond donors (Lipinski definition) is 1. The molecular weight excluding hydrogens is 348 g/mol. The van der Waals surface area contributed by atoms with E-state index >= 15 is 0 Å². The minimum absolute atomic E-state index is 0.137. The Morgan fingerprint density at radius 2 is 1.85 bits per heavy atom. The Morgan fingerprint density at radius 3 is 2.58 bits per heavy atom. The first-order chi connectivity index (χ1) is 12.6. The number of rotatable bonds is 3. The van der Waals surface area contributed by atoms with Crippen LogP contribution in [0.15, 0.2) is 51.7 Å². The molecule has 1 N–H and O–H groups in total. The third-order valence-electron chi connectivity index (χ3n) is 4.31. The van der Waals surface area contributed by atoms with Crippen molar-refractivity contribution in [2.75, 3.05) is 0 Å². The summed E-state index contributed by atoms with van der Waals surface area (Å²) in [5.41, 5.74) is 2.30. The summed E-state index contributed by atoms with van der Waals surface area (Å²) >= 11 is 1.36. The highest BCUT2D eigenvalue weighted by Gasteiger charge is 2.19. The van der Waals surface area contributed by atoms with Crippen LogP contribution in [0.25, 0.3) is 32.1 Å². The second-order valence-electron chi connectivity index (χ2n) is 5.97. The molecule has 130 valence electrons. The highest BCUT2D eigenvalue weighted by Crippen LogP contribution is 2.32. The molecule has 2 aromatic heterocycles. The quantitative estimate of drug-likeness (QED) is 0.577. The van der Waals surface area contributed by atoms with Gasteiger partial charge in [-0.25, -0.2) is 0 Å². The molecule has 4 rings (SSSR count). The number of aromatic hydroxyl groups is 1. The molecule has 2 aromatic carbocycles. The number of aromatic nitrogens is 2. The molecule has 26 heavy (non-hydrogen) atoms. The molecule has 0 aliphatic heterocycles. The van der Waals surface area contributed by atoms with Crippen LogP contribution < -0.4 is 5.43 Å². The largest absolute Gasteiger partial charge is 0.508 e. The third-order valence-corrected chi connectivity index (χ3v) is 5.30. The number of fused-ring (bicyclic) bond motifs is 1. The van der Waals surface area contributed by atoms with Crippen molar-refractivity contribution < 1.29 is 9.52 Å². The van der Waals surface area contributed by atoms with E-state index in [9.17, 15) is 9.90 Å². The lowest BCUT2D eigenvalue weighted by molar-refractivity contribution is 0.467. The van der Waals surface area contributed by atoms with Gasteiger partial charge in [-0.3, -0.25) is 4.79 Å². The van der Waals surface area contributed by atoms with Crippen molar-refractivity contribution in [3.8, 4) is 26.9 Å². The molecular formula is C20H16N2O3S. The van der Waals surface area contributed by atoms with Crippen LogP contribution in [0.5, 0.6) is 5.75 Å². The van der Waals surface area contributed by atoms with Gasteiger partial charge in [0.05, 0.1) is 10.9 Å². The molecule has 5 nitrogen and oxygen atoms in total. The maximum absolute atomic E-state index is 13.1. The van der Waals surface area contributed by atoms with Crippen molar-refractivity contribution >= 4 is 22.3 Å². The molecule has 0 amide bonds. The van der Waals surface area contributed by atoms with Gasteiger partial charge in [-0.05, 0) is 25.0 Å². The second kappa shape index (κ2) is 6.38. The second-order valence-corrected chi connectivity index (χ2v) is 6.95. The van der Waals surface area contributed by atoms with Crippen LogP contribution in [0, 0.1) is 6.92 Å². The van der Waals surface area contributed by atoms with E-state index in [2.05, 4.69) is 10.2 Å². The van der Waals surface area contributed by atoms with Gasteiger partial charge in [0.1, 0.15) is 22.1 Å². The molecule has 0 radical (unpaired) electrons. The van der Waals surface area contributed by atoms with E-state index in [0.29, 0.717) is 39.3 Å². The zero-order valence-corrected chi connectivity index (χ0v) is 15.1. The van der Waals surface area contributed by atoms with Gasteiger partial charge in [0, 0.05) is 11.6 Å². The lowest BCUT2D eigenvalue weighted by atomic mass is 10.1. The van der Waals surface area contributed by atoms with E-state index in [4.69, 9.17) is 4.42 Å². The molecule has 0 unspecified atom stereocenters. The Balaban J connectivity index is 1.91.